The Kier molecular flexibility index (Phi) is 10.5. The van der Waals surface area contributed by atoms with Crippen molar-refractivity contribution in [2.24, 2.45) is 5.73 Å². The van der Waals surface area contributed by atoms with Crippen LogP contribution in [0.1, 0.15) is 31.2 Å². The third-order valence-corrected chi connectivity index (χ3v) is 6.26. The number of aryl methyl sites for hydroxylation is 1. The van der Waals surface area contributed by atoms with E-state index in [1.807, 2.05) is 54.6 Å². The molecule has 0 fully saturated rings. The molecular weight excluding hydrogens is 514 g/mol. The molecular formula is C30H31N3O7. The summed E-state index contributed by atoms with van der Waals surface area (Å²) in [5.74, 6) is -4.99. The van der Waals surface area contributed by atoms with E-state index < -0.39 is 54.6 Å². The number of nitrogens with one attached hydrogen (secondary N) is 2. The molecule has 0 bridgehead atoms. The Labute approximate surface area is 231 Å². The predicted molar refractivity (Wildman–Crippen MR) is 148 cm³/mol. The minimum Gasteiger partial charge on any atom is -0.481 e. The van der Waals surface area contributed by atoms with E-state index >= 15 is 0 Å². The second kappa shape index (κ2) is 14.2. The summed E-state index contributed by atoms with van der Waals surface area (Å²) in [6, 6.07) is 23.3. The lowest BCUT2D eigenvalue weighted by atomic mass is 9.99. The van der Waals surface area contributed by atoms with Crippen molar-refractivity contribution in [1.82, 2.24) is 10.6 Å². The van der Waals surface area contributed by atoms with Gasteiger partial charge in [0.25, 0.3) is 0 Å². The highest BCUT2D eigenvalue weighted by Crippen LogP contribution is 2.25. The Balaban J connectivity index is 1.58. The van der Waals surface area contributed by atoms with E-state index in [9.17, 15) is 24.0 Å². The number of carbonyl (C=O) groups excluding carboxylic acids is 3. The van der Waals surface area contributed by atoms with Crippen molar-refractivity contribution in [3.05, 3.63) is 84.4 Å². The molecule has 0 aromatic heterocycles. The van der Waals surface area contributed by atoms with Gasteiger partial charge in [-0.15, -0.1) is 0 Å². The number of benzene rings is 3. The fraction of sp³-hybridized carbons (Fsp3) is 0.233. The van der Waals surface area contributed by atoms with Crippen LogP contribution in [-0.2, 0) is 30.4 Å². The number of aliphatic carboxylic acids is 2. The van der Waals surface area contributed by atoms with Gasteiger partial charge in [-0.05, 0) is 40.7 Å². The molecule has 2 atom stereocenters. The summed E-state index contributed by atoms with van der Waals surface area (Å²) in [7, 11) is 0. The van der Waals surface area contributed by atoms with E-state index in [-0.39, 0.29) is 12.8 Å². The topological polar surface area (TPSA) is 176 Å². The average Bonchev–Trinajstić information content (AvgIpc) is 2.94. The molecule has 3 aromatic carbocycles. The quantitative estimate of drug-likeness (QED) is 0.207. The Bertz CT molecular complexity index is 1340. The van der Waals surface area contributed by atoms with Crippen LogP contribution in [0.15, 0.2) is 78.9 Å². The number of amides is 3. The molecule has 0 aliphatic heterocycles. The summed E-state index contributed by atoms with van der Waals surface area (Å²) in [5, 5.41) is 22.6. The molecule has 0 heterocycles. The molecule has 0 saturated carbocycles. The van der Waals surface area contributed by atoms with Crippen molar-refractivity contribution in [2.75, 3.05) is 0 Å². The van der Waals surface area contributed by atoms with Crippen molar-refractivity contribution in [2.45, 2.75) is 44.2 Å². The van der Waals surface area contributed by atoms with Gasteiger partial charge in [-0.2, -0.15) is 0 Å². The molecule has 6 N–H and O–H groups in total. The SMILES string of the molecule is NC(=O)C(CC(=O)O)NC(=O)[C@H](CCC(=O)O)NC(=O)CCc1ccc(-c2ccc(-c3ccccc3)cc2)cc1. The van der Waals surface area contributed by atoms with Gasteiger partial charge in [0.1, 0.15) is 12.1 Å². The highest BCUT2D eigenvalue weighted by atomic mass is 16.4. The molecule has 3 aromatic rings. The van der Waals surface area contributed by atoms with Gasteiger partial charge in [-0.3, -0.25) is 24.0 Å². The van der Waals surface area contributed by atoms with E-state index in [1.54, 1.807) is 0 Å². The van der Waals surface area contributed by atoms with Crippen LogP contribution in [0.4, 0.5) is 0 Å². The lowest BCUT2D eigenvalue weighted by Gasteiger charge is -2.21. The summed E-state index contributed by atoms with van der Waals surface area (Å²) in [4.78, 5) is 58.6. The van der Waals surface area contributed by atoms with E-state index in [0.717, 1.165) is 27.8 Å². The maximum absolute atomic E-state index is 12.6. The van der Waals surface area contributed by atoms with Gasteiger partial charge in [0.15, 0.2) is 0 Å². The molecule has 0 radical (unpaired) electrons. The van der Waals surface area contributed by atoms with Crippen molar-refractivity contribution >= 4 is 29.7 Å². The maximum atomic E-state index is 12.6. The van der Waals surface area contributed by atoms with Crippen LogP contribution in [0.25, 0.3) is 22.3 Å². The molecule has 3 amide bonds. The highest BCUT2D eigenvalue weighted by molar-refractivity contribution is 5.93. The summed E-state index contributed by atoms with van der Waals surface area (Å²) in [5.41, 5.74) is 10.4. The number of hydrogen-bond donors (Lipinski definition) is 5. The molecule has 1 unspecified atom stereocenters. The number of primary amides is 1. The fourth-order valence-corrected chi connectivity index (χ4v) is 4.08. The Morgan fingerprint density at radius 3 is 1.68 bits per heavy atom. The lowest BCUT2D eigenvalue weighted by molar-refractivity contribution is -0.140. The van der Waals surface area contributed by atoms with E-state index in [4.69, 9.17) is 15.9 Å². The minimum absolute atomic E-state index is 0.0242. The van der Waals surface area contributed by atoms with Gasteiger partial charge in [0, 0.05) is 12.8 Å². The van der Waals surface area contributed by atoms with Gasteiger partial charge in [-0.1, -0.05) is 78.9 Å². The van der Waals surface area contributed by atoms with Crippen LogP contribution in [-0.4, -0.2) is 52.0 Å². The van der Waals surface area contributed by atoms with Crippen molar-refractivity contribution in [3.8, 4) is 22.3 Å². The highest BCUT2D eigenvalue weighted by Gasteiger charge is 2.27. The maximum Gasteiger partial charge on any atom is 0.305 e. The first-order valence-electron chi connectivity index (χ1n) is 12.7. The van der Waals surface area contributed by atoms with Crippen LogP contribution >= 0.6 is 0 Å². The Hall–Kier alpha value is -4.99. The van der Waals surface area contributed by atoms with Crippen LogP contribution in [0.5, 0.6) is 0 Å². The summed E-state index contributed by atoms with van der Waals surface area (Å²) >= 11 is 0. The van der Waals surface area contributed by atoms with Crippen LogP contribution in [0, 0.1) is 0 Å². The molecule has 10 heteroatoms. The third-order valence-electron chi connectivity index (χ3n) is 6.26. The number of rotatable bonds is 14. The van der Waals surface area contributed by atoms with Gasteiger partial charge in [0.05, 0.1) is 6.42 Å². The average molecular weight is 546 g/mol. The zero-order valence-corrected chi connectivity index (χ0v) is 21.7. The van der Waals surface area contributed by atoms with Gasteiger partial charge in [0.2, 0.25) is 17.7 Å². The first-order chi connectivity index (χ1) is 19.1. The zero-order valence-electron chi connectivity index (χ0n) is 21.7. The number of nitrogens with two attached hydrogens (primary N) is 1. The largest absolute Gasteiger partial charge is 0.481 e. The standard InChI is InChI=1S/C30H31N3O7/c31-29(39)25(18-28(37)38)33-30(40)24(15-17-27(35)36)32-26(34)16-8-19-6-9-21(10-7-19)23-13-11-22(12-14-23)20-4-2-1-3-5-20/h1-7,9-14,24-25H,8,15-18H2,(H2,31,39)(H,32,34)(H,33,40)(H,35,36)(H,37,38)/t24-,25?/m0/s1. The molecule has 40 heavy (non-hydrogen) atoms. The number of carboxylic acid groups (broad SMARTS) is 2. The summed E-state index contributed by atoms with van der Waals surface area (Å²) in [6.07, 6.45) is -1.02. The second-order valence-electron chi connectivity index (χ2n) is 9.25. The first-order valence-corrected chi connectivity index (χ1v) is 12.7. The lowest BCUT2D eigenvalue weighted by Crippen LogP contribution is -2.53. The molecule has 0 spiro atoms. The molecule has 10 nitrogen and oxygen atoms in total. The van der Waals surface area contributed by atoms with Gasteiger partial charge in [-0.25, -0.2) is 0 Å². The van der Waals surface area contributed by atoms with Gasteiger partial charge < -0.3 is 26.6 Å². The Morgan fingerprint density at radius 1 is 0.650 bits per heavy atom. The smallest absolute Gasteiger partial charge is 0.305 e. The normalized spacial score (nSPS) is 12.1. The monoisotopic (exact) mass is 545 g/mol. The van der Waals surface area contributed by atoms with E-state index in [0.29, 0.717) is 6.42 Å². The van der Waals surface area contributed by atoms with E-state index in [1.165, 1.54) is 0 Å². The predicted octanol–water partition coefficient (Wildman–Crippen LogP) is 2.75. The molecule has 208 valence electrons. The number of carboxylic acids is 2. The van der Waals surface area contributed by atoms with Crippen molar-refractivity contribution < 1.29 is 34.2 Å². The summed E-state index contributed by atoms with van der Waals surface area (Å²) < 4.78 is 0. The van der Waals surface area contributed by atoms with E-state index in [2.05, 4.69) is 34.9 Å². The Morgan fingerprint density at radius 2 is 1.18 bits per heavy atom. The molecule has 3 rings (SSSR count). The molecule has 0 aliphatic rings. The van der Waals surface area contributed by atoms with Crippen molar-refractivity contribution in [3.63, 3.8) is 0 Å². The van der Waals surface area contributed by atoms with Crippen molar-refractivity contribution in [1.29, 1.82) is 0 Å². The van der Waals surface area contributed by atoms with Gasteiger partial charge >= 0.3 is 11.9 Å². The summed E-state index contributed by atoms with van der Waals surface area (Å²) in [6.45, 7) is 0. The molecule has 0 aliphatic carbocycles. The van der Waals surface area contributed by atoms with Crippen LogP contribution < -0.4 is 16.4 Å². The first kappa shape index (κ1) is 29.6. The minimum atomic E-state index is -1.50. The second-order valence-corrected chi connectivity index (χ2v) is 9.25. The number of carbonyl (C=O) groups is 5. The van der Waals surface area contributed by atoms with Crippen LogP contribution in [0.3, 0.4) is 0 Å². The molecule has 0 saturated heterocycles. The number of hydrogen-bond acceptors (Lipinski definition) is 5. The zero-order chi connectivity index (χ0) is 29.1. The fourth-order valence-electron chi connectivity index (χ4n) is 4.08. The van der Waals surface area contributed by atoms with Crippen LogP contribution in [0.2, 0.25) is 0 Å². The third kappa shape index (κ3) is 9.09.